The summed E-state index contributed by atoms with van der Waals surface area (Å²) in [5, 5.41) is 3.35. The number of rotatable bonds is 5. The molecule has 3 aromatic rings. The van der Waals surface area contributed by atoms with Gasteiger partial charge in [-0.05, 0) is 35.9 Å². The van der Waals surface area contributed by atoms with Crippen molar-refractivity contribution in [2.45, 2.75) is 0 Å². The Hall–Kier alpha value is -3.20. The first-order valence-corrected chi connectivity index (χ1v) is 7.32. The van der Waals surface area contributed by atoms with Crippen LogP contribution in [0.4, 0.5) is 5.69 Å². The van der Waals surface area contributed by atoms with Crippen LogP contribution in [-0.4, -0.2) is 9.97 Å². The fourth-order valence-electron chi connectivity index (χ4n) is 2.32. The van der Waals surface area contributed by atoms with Crippen molar-refractivity contribution in [3.8, 4) is 11.3 Å². The Morgan fingerprint density at radius 3 is 2.57 bits per heavy atom. The van der Waals surface area contributed by atoms with Crippen LogP contribution in [0.2, 0.25) is 0 Å². The molecule has 0 aliphatic carbocycles. The van der Waals surface area contributed by atoms with Gasteiger partial charge in [0, 0.05) is 41.1 Å². The van der Waals surface area contributed by atoms with Gasteiger partial charge in [-0.15, -0.1) is 0 Å². The lowest BCUT2D eigenvalue weighted by Crippen LogP contribution is -1.99. The number of nitrogens with zero attached hydrogens (tertiary/aromatic N) is 2. The molecule has 3 nitrogen and oxygen atoms in total. The van der Waals surface area contributed by atoms with Crippen molar-refractivity contribution < 1.29 is 0 Å². The van der Waals surface area contributed by atoms with E-state index in [9.17, 15) is 0 Å². The summed E-state index contributed by atoms with van der Waals surface area (Å²) < 4.78 is 0. The van der Waals surface area contributed by atoms with E-state index in [2.05, 4.69) is 28.4 Å². The first kappa shape index (κ1) is 14.7. The van der Waals surface area contributed by atoms with Crippen molar-refractivity contribution in [3.05, 3.63) is 91.4 Å². The van der Waals surface area contributed by atoms with Crippen molar-refractivity contribution in [2.75, 3.05) is 5.32 Å². The molecule has 0 atom stereocenters. The molecular weight excluding hydrogens is 282 g/mol. The standard InChI is InChI=1S/C20H17N3/c1-3-16-6-4-5-7-19(16)23-15(2)18-10-13-22-20(14-18)17-8-11-21-12-9-17/h3-14,23H,1-2H2. The van der Waals surface area contributed by atoms with Gasteiger partial charge in [-0.2, -0.15) is 0 Å². The van der Waals surface area contributed by atoms with E-state index >= 15 is 0 Å². The molecule has 3 heteroatoms. The maximum absolute atomic E-state index is 4.42. The molecule has 0 unspecified atom stereocenters. The second-order valence-corrected chi connectivity index (χ2v) is 5.06. The van der Waals surface area contributed by atoms with Crippen molar-refractivity contribution >= 4 is 17.5 Å². The summed E-state index contributed by atoms with van der Waals surface area (Å²) in [5.41, 5.74) is 5.75. The summed E-state index contributed by atoms with van der Waals surface area (Å²) in [5.74, 6) is 0. The Morgan fingerprint density at radius 1 is 1.00 bits per heavy atom. The molecule has 0 saturated heterocycles. The highest BCUT2D eigenvalue weighted by atomic mass is 14.9. The molecule has 0 bridgehead atoms. The van der Waals surface area contributed by atoms with Crippen LogP contribution in [0.25, 0.3) is 23.0 Å². The highest BCUT2D eigenvalue weighted by molar-refractivity contribution is 5.80. The molecule has 1 aromatic carbocycles. The minimum absolute atomic E-state index is 0.817. The first-order chi connectivity index (χ1) is 11.3. The van der Waals surface area contributed by atoms with Crippen LogP contribution in [0.3, 0.4) is 0 Å². The Balaban J connectivity index is 1.87. The predicted octanol–water partition coefficient (Wildman–Crippen LogP) is 4.87. The molecule has 0 saturated carbocycles. The lowest BCUT2D eigenvalue weighted by Gasteiger charge is -2.13. The van der Waals surface area contributed by atoms with E-state index in [-0.39, 0.29) is 0 Å². The van der Waals surface area contributed by atoms with Crippen molar-refractivity contribution in [1.82, 2.24) is 9.97 Å². The highest BCUT2D eigenvalue weighted by Crippen LogP contribution is 2.24. The highest BCUT2D eigenvalue weighted by Gasteiger charge is 2.05. The molecule has 1 N–H and O–H groups in total. The summed E-state index contributed by atoms with van der Waals surface area (Å²) in [6.07, 6.45) is 7.14. The zero-order chi connectivity index (χ0) is 16.1. The van der Waals surface area contributed by atoms with Crippen LogP contribution in [0.5, 0.6) is 0 Å². The first-order valence-electron chi connectivity index (χ1n) is 7.32. The van der Waals surface area contributed by atoms with Gasteiger partial charge in [-0.1, -0.05) is 37.4 Å². The molecule has 0 aliphatic rings. The Kier molecular flexibility index (Phi) is 4.29. The zero-order valence-electron chi connectivity index (χ0n) is 12.7. The van der Waals surface area contributed by atoms with Crippen molar-refractivity contribution in [2.24, 2.45) is 0 Å². The SMILES string of the molecule is C=Cc1ccccc1NC(=C)c1ccnc(-c2ccncc2)c1. The maximum Gasteiger partial charge on any atom is 0.0709 e. The molecule has 0 aliphatic heterocycles. The lowest BCUT2D eigenvalue weighted by atomic mass is 10.1. The van der Waals surface area contributed by atoms with Crippen LogP contribution in [0.15, 0.2) is 80.3 Å². The molecule has 23 heavy (non-hydrogen) atoms. The number of benzene rings is 1. The maximum atomic E-state index is 4.42. The van der Waals surface area contributed by atoms with E-state index in [1.807, 2.05) is 54.6 Å². The second-order valence-electron chi connectivity index (χ2n) is 5.06. The number of anilines is 1. The molecule has 2 aromatic heterocycles. The van der Waals surface area contributed by atoms with Gasteiger partial charge in [0.05, 0.1) is 5.69 Å². The van der Waals surface area contributed by atoms with Gasteiger partial charge in [-0.25, -0.2) is 0 Å². The third kappa shape index (κ3) is 3.35. The minimum atomic E-state index is 0.817. The van der Waals surface area contributed by atoms with E-state index in [1.165, 1.54) is 0 Å². The summed E-state index contributed by atoms with van der Waals surface area (Å²) in [7, 11) is 0. The second kappa shape index (κ2) is 6.71. The number of aromatic nitrogens is 2. The Labute approximate surface area is 136 Å². The van der Waals surface area contributed by atoms with Gasteiger partial charge >= 0.3 is 0 Å². The number of hydrogen-bond donors (Lipinski definition) is 1. The van der Waals surface area contributed by atoms with Crippen LogP contribution in [-0.2, 0) is 0 Å². The number of para-hydroxylation sites is 1. The van der Waals surface area contributed by atoms with Gasteiger partial charge in [-0.3, -0.25) is 9.97 Å². The molecular formula is C20H17N3. The average Bonchev–Trinajstić information content (AvgIpc) is 2.63. The van der Waals surface area contributed by atoms with Crippen LogP contribution in [0, 0.1) is 0 Å². The van der Waals surface area contributed by atoms with Gasteiger partial charge in [0.25, 0.3) is 0 Å². The summed E-state index contributed by atoms with van der Waals surface area (Å²) in [6.45, 7) is 7.98. The Morgan fingerprint density at radius 2 is 1.78 bits per heavy atom. The van der Waals surface area contributed by atoms with Gasteiger partial charge in [0.1, 0.15) is 0 Å². The molecule has 0 fully saturated rings. The molecule has 3 rings (SSSR count). The molecule has 0 spiro atoms. The number of hydrogen-bond acceptors (Lipinski definition) is 3. The van der Waals surface area contributed by atoms with E-state index in [1.54, 1.807) is 18.6 Å². The molecule has 2 heterocycles. The third-order valence-electron chi connectivity index (χ3n) is 3.55. The van der Waals surface area contributed by atoms with Crippen molar-refractivity contribution in [1.29, 1.82) is 0 Å². The van der Waals surface area contributed by atoms with E-state index < -0.39 is 0 Å². The van der Waals surface area contributed by atoms with E-state index in [4.69, 9.17) is 0 Å². The number of pyridine rings is 2. The smallest absolute Gasteiger partial charge is 0.0709 e. The van der Waals surface area contributed by atoms with Crippen LogP contribution in [0.1, 0.15) is 11.1 Å². The molecule has 112 valence electrons. The quantitative estimate of drug-likeness (QED) is 0.730. The monoisotopic (exact) mass is 299 g/mol. The fourth-order valence-corrected chi connectivity index (χ4v) is 2.32. The normalized spacial score (nSPS) is 10.1. The summed E-state index contributed by atoms with van der Waals surface area (Å²) >= 11 is 0. The lowest BCUT2D eigenvalue weighted by molar-refractivity contribution is 1.28. The third-order valence-corrected chi connectivity index (χ3v) is 3.55. The van der Waals surface area contributed by atoms with Gasteiger partial charge < -0.3 is 5.32 Å². The minimum Gasteiger partial charge on any atom is -0.355 e. The van der Waals surface area contributed by atoms with Crippen molar-refractivity contribution in [3.63, 3.8) is 0 Å². The largest absolute Gasteiger partial charge is 0.355 e. The average molecular weight is 299 g/mol. The predicted molar refractivity (Wildman–Crippen MR) is 96.7 cm³/mol. The van der Waals surface area contributed by atoms with Crippen LogP contribution >= 0.6 is 0 Å². The number of nitrogens with one attached hydrogen (secondary N) is 1. The summed E-state index contributed by atoms with van der Waals surface area (Å²) in [4.78, 5) is 8.46. The fraction of sp³-hybridized carbons (Fsp3) is 0. The topological polar surface area (TPSA) is 37.8 Å². The van der Waals surface area contributed by atoms with Gasteiger partial charge in [0.15, 0.2) is 0 Å². The van der Waals surface area contributed by atoms with Gasteiger partial charge in [0.2, 0.25) is 0 Å². The molecule has 0 radical (unpaired) electrons. The molecule has 0 amide bonds. The summed E-state index contributed by atoms with van der Waals surface area (Å²) in [6, 6.07) is 15.8. The van der Waals surface area contributed by atoms with Crippen LogP contribution < -0.4 is 5.32 Å². The Bertz CT molecular complexity index is 838. The van der Waals surface area contributed by atoms with E-state index in [0.717, 1.165) is 33.8 Å². The zero-order valence-corrected chi connectivity index (χ0v) is 12.7. The van der Waals surface area contributed by atoms with E-state index in [0.29, 0.717) is 0 Å².